The van der Waals surface area contributed by atoms with Gasteiger partial charge in [0.05, 0.1) is 15.0 Å². The topological polar surface area (TPSA) is 70.6 Å². The molecule has 4 rings (SSSR count). The highest BCUT2D eigenvalue weighted by Gasteiger charge is 2.13. The van der Waals surface area contributed by atoms with Crippen molar-refractivity contribution in [3.63, 3.8) is 0 Å². The van der Waals surface area contributed by atoms with Gasteiger partial charge in [0.15, 0.2) is 0 Å². The highest BCUT2D eigenvalue weighted by Crippen LogP contribution is 2.34. The number of nitrogens with zero attached hydrogens (tertiary/aromatic N) is 5. The molecule has 0 spiro atoms. The molecule has 0 unspecified atom stereocenters. The normalized spacial score (nSPS) is 10.5. The fraction of sp³-hybridized carbons (Fsp3) is 0.143. The molecule has 0 atom stereocenters. The predicted molar refractivity (Wildman–Crippen MR) is 127 cm³/mol. The van der Waals surface area contributed by atoms with Gasteiger partial charge in [-0.3, -0.25) is 4.98 Å². The summed E-state index contributed by atoms with van der Waals surface area (Å²) in [6.07, 6.45) is 0. The molecule has 2 heterocycles. The van der Waals surface area contributed by atoms with Gasteiger partial charge in [-0.25, -0.2) is 0 Å². The number of halogens is 2. The van der Waals surface area contributed by atoms with Crippen LogP contribution in [-0.2, 0) is 0 Å². The second-order valence-electron chi connectivity index (χ2n) is 6.57. The predicted octanol–water partition coefficient (Wildman–Crippen LogP) is 5.34. The third-order valence-corrected chi connectivity index (χ3v) is 6.01. The summed E-state index contributed by atoms with van der Waals surface area (Å²) < 4.78 is 1.16. The summed E-state index contributed by atoms with van der Waals surface area (Å²) >= 11 is 2.36. The summed E-state index contributed by atoms with van der Waals surface area (Å²) in [4.78, 5) is 6.74. The maximum Gasteiger partial charge on any atom is 0.205 e. The highest BCUT2D eigenvalue weighted by atomic mass is 127. The number of pyridine rings is 1. The van der Waals surface area contributed by atoms with Crippen molar-refractivity contribution in [2.24, 2.45) is 0 Å². The van der Waals surface area contributed by atoms with Crippen molar-refractivity contribution in [1.82, 2.24) is 25.6 Å². The molecular formula is C21H20ClIN6. The van der Waals surface area contributed by atoms with Crippen LogP contribution in [-0.4, -0.2) is 32.7 Å². The minimum absolute atomic E-state index is 0. The summed E-state index contributed by atoms with van der Waals surface area (Å²) in [5.41, 5.74) is 7.47. The molecule has 6 nitrogen and oxygen atoms in total. The van der Waals surface area contributed by atoms with E-state index in [0.717, 1.165) is 43.0 Å². The maximum atomic E-state index is 4.54. The van der Waals surface area contributed by atoms with E-state index in [1.54, 1.807) is 0 Å². The zero-order chi connectivity index (χ0) is 19.7. The quantitative estimate of drug-likeness (QED) is 0.369. The van der Waals surface area contributed by atoms with Gasteiger partial charge in [0, 0.05) is 24.0 Å². The van der Waals surface area contributed by atoms with Crippen LogP contribution >= 0.6 is 35.0 Å². The highest BCUT2D eigenvalue weighted by molar-refractivity contribution is 14.1. The number of aromatic amines is 1. The summed E-state index contributed by atoms with van der Waals surface area (Å²) in [6.45, 7) is 4.07. The molecule has 0 aliphatic heterocycles. The lowest BCUT2D eigenvalue weighted by molar-refractivity contribution is 0.881. The summed E-state index contributed by atoms with van der Waals surface area (Å²) in [6, 6.07) is 18.7. The van der Waals surface area contributed by atoms with Crippen molar-refractivity contribution in [1.29, 1.82) is 0 Å². The molecule has 0 radical (unpaired) electrons. The zero-order valence-electron chi connectivity index (χ0n) is 16.2. The monoisotopic (exact) mass is 518 g/mol. The number of hydrogen-bond acceptors (Lipinski definition) is 5. The number of aryl methyl sites for hydroxylation is 2. The molecule has 1 N–H and O–H groups in total. The molecule has 0 saturated carbocycles. The van der Waals surface area contributed by atoms with E-state index in [0.29, 0.717) is 5.82 Å². The van der Waals surface area contributed by atoms with Crippen molar-refractivity contribution < 1.29 is 0 Å². The molecule has 0 aliphatic rings. The van der Waals surface area contributed by atoms with Gasteiger partial charge in [-0.15, -0.1) is 22.6 Å². The number of benzene rings is 2. The lowest BCUT2D eigenvalue weighted by Crippen LogP contribution is -2.12. The molecule has 8 heteroatoms. The van der Waals surface area contributed by atoms with Crippen LogP contribution in [0.1, 0.15) is 11.4 Å². The van der Waals surface area contributed by atoms with Crippen molar-refractivity contribution in [3.8, 4) is 22.5 Å². The van der Waals surface area contributed by atoms with Crippen molar-refractivity contribution >= 4 is 46.4 Å². The lowest BCUT2D eigenvalue weighted by atomic mass is 9.99. The first-order valence-electron chi connectivity index (χ1n) is 8.85. The van der Waals surface area contributed by atoms with Crippen molar-refractivity contribution in [3.05, 3.63) is 69.6 Å². The second-order valence-corrected chi connectivity index (χ2v) is 7.65. The van der Waals surface area contributed by atoms with Crippen LogP contribution < -0.4 is 4.90 Å². The zero-order valence-corrected chi connectivity index (χ0v) is 19.2. The molecule has 4 aromatic rings. The molecule has 2 aromatic carbocycles. The molecule has 0 aliphatic carbocycles. The number of aromatic nitrogens is 5. The molecule has 0 bridgehead atoms. The molecule has 0 saturated heterocycles. The van der Waals surface area contributed by atoms with Crippen LogP contribution in [0.5, 0.6) is 0 Å². The second kappa shape index (κ2) is 8.87. The molecule has 0 fully saturated rings. The minimum atomic E-state index is 0. The largest absolute Gasteiger partial charge is 0.344 e. The molecule has 2 aromatic heterocycles. The molecule has 0 amide bonds. The van der Waals surface area contributed by atoms with Crippen molar-refractivity contribution in [2.45, 2.75) is 13.8 Å². The van der Waals surface area contributed by atoms with Crippen LogP contribution in [0.25, 0.3) is 22.5 Å². The first kappa shape index (κ1) is 21.2. The van der Waals surface area contributed by atoms with E-state index < -0.39 is 0 Å². The van der Waals surface area contributed by atoms with E-state index >= 15 is 0 Å². The standard InChI is InChI=1S/C21H19IN6.ClH/c1-13-12-19(20(22)14(2)23-13)28(3)16-10-8-15(9-11-16)17-6-4-5-7-18(17)21-24-26-27-25-21;/h4-12H,1-3H3,(H,24,25,26,27);1H. The molecular weight excluding hydrogens is 499 g/mol. The van der Waals surface area contributed by atoms with E-state index in [4.69, 9.17) is 0 Å². The van der Waals surface area contributed by atoms with Gasteiger partial charge in [0.1, 0.15) is 0 Å². The van der Waals surface area contributed by atoms with E-state index in [1.165, 1.54) is 0 Å². The van der Waals surface area contributed by atoms with E-state index in [1.807, 2.05) is 32.0 Å². The average Bonchev–Trinajstić information content (AvgIpc) is 3.25. The van der Waals surface area contributed by atoms with Gasteiger partial charge in [0.25, 0.3) is 0 Å². The Morgan fingerprint density at radius 2 is 1.66 bits per heavy atom. The Bertz CT molecular complexity index is 1110. The first-order chi connectivity index (χ1) is 13.5. The third kappa shape index (κ3) is 4.25. The van der Waals surface area contributed by atoms with Crippen LogP contribution in [0.2, 0.25) is 0 Å². The Balaban J connectivity index is 0.00000240. The Morgan fingerprint density at radius 3 is 2.31 bits per heavy atom. The Hall–Kier alpha value is -2.52. The average molecular weight is 519 g/mol. The van der Waals surface area contributed by atoms with Gasteiger partial charge >= 0.3 is 0 Å². The lowest BCUT2D eigenvalue weighted by Gasteiger charge is -2.22. The third-order valence-electron chi connectivity index (χ3n) is 4.67. The minimum Gasteiger partial charge on any atom is -0.344 e. The Morgan fingerprint density at radius 1 is 0.966 bits per heavy atom. The van der Waals surface area contributed by atoms with E-state index in [9.17, 15) is 0 Å². The van der Waals surface area contributed by atoms with E-state index in [-0.39, 0.29) is 12.4 Å². The molecule has 148 valence electrons. The number of hydrogen-bond donors (Lipinski definition) is 1. The van der Waals surface area contributed by atoms with Gasteiger partial charge in [0.2, 0.25) is 5.82 Å². The number of tetrazole rings is 1. The number of rotatable bonds is 4. The fourth-order valence-corrected chi connectivity index (χ4v) is 3.88. The Labute approximate surface area is 189 Å². The first-order valence-corrected chi connectivity index (χ1v) is 9.93. The number of H-pyrrole nitrogens is 1. The van der Waals surface area contributed by atoms with Crippen LogP contribution in [0.15, 0.2) is 54.6 Å². The van der Waals surface area contributed by atoms with E-state index in [2.05, 4.69) is 96.5 Å². The smallest absolute Gasteiger partial charge is 0.205 e. The summed E-state index contributed by atoms with van der Waals surface area (Å²) in [7, 11) is 2.08. The van der Waals surface area contributed by atoms with Gasteiger partial charge in [-0.05, 0) is 71.0 Å². The number of anilines is 2. The SMILES string of the molecule is Cc1cc(N(C)c2ccc(-c3ccccc3-c3nn[nH]n3)cc2)c(I)c(C)n1.Cl. The maximum absolute atomic E-state index is 4.54. The number of nitrogens with one attached hydrogen (secondary N) is 1. The summed E-state index contributed by atoms with van der Waals surface area (Å²) in [5.74, 6) is 0.592. The molecule has 29 heavy (non-hydrogen) atoms. The Kier molecular flexibility index (Phi) is 6.49. The summed E-state index contributed by atoms with van der Waals surface area (Å²) in [5, 5.41) is 14.4. The van der Waals surface area contributed by atoms with Crippen LogP contribution in [0, 0.1) is 17.4 Å². The van der Waals surface area contributed by atoms with Gasteiger partial charge in [-0.1, -0.05) is 36.4 Å². The van der Waals surface area contributed by atoms with Gasteiger partial charge in [-0.2, -0.15) is 5.21 Å². The van der Waals surface area contributed by atoms with Gasteiger partial charge < -0.3 is 4.90 Å². The van der Waals surface area contributed by atoms with Crippen molar-refractivity contribution in [2.75, 3.05) is 11.9 Å². The fourth-order valence-electron chi connectivity index (χ4n) is 3.25. The van der Waals surface area contributed by atoms with Crippen LogP contribution in [0.3, 0.4) is 0 Å². The van der Waals surface area contributed by atoms with Crippen LogP contribution in [0.4, 0.5) is 11.4 Å².